The Bertz CT molecular complexity index is 368. The molecule has 0 aromatic heterocycles. The lowest BCUT2D eigenvalue weighted by Crippen LogP contribution is -2.13. The molecule has 1 atom stereocenters. The van der Waals surface area contributed by atoms with Gasteiger partial charge in [-0.25, -0.2) is 4.79 Å². The molecule has 1 rings (SSSR count). The lowest BCUT2D eigenvalue weighted by Gasteiger charge is -2.06. The second-order valence-corrected chi connectivity index (χ2v) is 4.65. The second-order valence-electron chi connectivity index (χ2n) is 3.57. The van der Waals surface area contributed by atoms with Crippen LogP contribution in [0.25, 0.3) is 0 Å². The van der Waals surface area contributed by atoms with Crippen LogP contribution in [0, 0.1) is 0 Å². The van der Waals surface area contributed by atoms with Crippen molar-refractivity contribution in [2.75, 3.05) is 40.2 Å². The highest BCUT2D eigenvalue weighted by Gasteiger charge is 2.06. The molecule has 0 heterocycles. The molecule has 5 heteroatoms. The molecule has 18 heavy (non-hydrogen) atoms. The molecular formula is C13H19O4P. The number of hydrogen-bond donors (Lipinski definition) is 0. The summed E-state index contributed by atoms with van der Waals surface area (Å²) in [5.41, 5.74) is 0.596. The van der Waals surface area contributed by atoms with Crippen LogP contribution in [0.3, 0.4) is 0 Å². The maximum atomic E-state index is 11.7. The predicted octanol–water partition coefficient (Wildman–Crippen LogP) is 1.44. The van der Waals surface area contributed by atoms with Gasteiger partial charge in [0.05, 0.1) is 25.4 Å². The van der Waals surface area contributed by atoms with E-state index in [0.717, 1.165) is 5.30 Å². The van der Waals surface area contributed by atoms with Crippen LogP contribution in [0.15, 0.2) is 24.3 Å². The third-order valence-electron chi connectivity index (χ3n) is 2.28. The Labute approximate surface area is 109 Å². The van der Waals surface area contributed by atoms with Crippen LogP contribution in [0.5, 0.6) is 0 Å². The van der Waals surface area contributed by atoms with Crippen molar-refractivity contribution >= 4 is 19.9 Å². The van der Waals surface area contributed by atoms with Crippen LogP contribution in [-0.2, 0) is 14.2 Å². The van der Waals surface area contributed by atoms with E-state index in [2.05, 4.69) is 6.66 Å². The molecule has 0 aliphatic heterocycles. The lowest BCUT2D eigenvalue weighted by molar-refractivity contribution is 0.0214. The van der Waals surface area contributed by atoms with Gasteiger partial charge in [0.25, 0.3) is 0 Å². The van der Waals surface area contributed by atoms with Crippen molar-refractivity contribution in [2.24, 2.45) is 0 Å². The number of rotatable bonds is 8. The first kappa shape index (κ1) is 15.1. The zero-order valence-corrected chi connectivity index (χ0v) is 11.8. The average Bonchev–Trinajstić information content (AvgIpc) is 2.42. The Hall–Kier alpha value is -0.960. The van der Waals surface area contributed by atoms with Crippen molar-refractivity contribution in [1.29, 1.82) is 0 Å². The quantitative estimate of drug-likeness (QED) is 0.407. The maximum Gasteiger partial charge on any atom is 0.338 e. The highest BCUT2D eigenvalue weighted by atomic mass is 31.1. The fourth-order valence-electron chi connectivity index (χ4n) is 1.32. The van der Waals surface area contributed by atoms with Crippen molar-refractivity contribution in [1.82, 2.24) is 0 Å². The molecule has 0 spiro atoms. The molecule has 0 fully saturated rings. The third kappa shape index (κ3) is 5.58. The van der Waals surface area contributed by atoms with Crippen molar-refractivity contribution in [2.45, 2.75) is 0 Å². The van der Waals surface area contributed by atoms with Gasteiger partial charge in [0, 0.05) is 7.11 Å². The van der Waals surface area contributed by atoms with Gasteiger partial charge in [-0.05, 0) is 24.1 Å². The van der Waals surface area contributed by atoms with E-state index in [9.17, 15) is 4.79 Å². The summed E-state index contributed by atoms with van der Waals surface area (Å²) >= 11 is 0. The smallest absolute Gasteiger partial charge is 0.338 e. The molecule has 1 aromatic carbocycles. The average molecular weight is 270 g/mol. The molecule has 0 aliphatic rings. The van der Waals surface area contributed by atoms with Gasteiger partial charge in [0.1, 0.15) is 6.61 Å². The molecule has 1 aromatic rings. The number of carbonyl (C=O) groups is 1. The van der Waals surface area contributed by atoms with Gasteiger partial charge in [-0.2, -0.15) is 0 Å². The molecule has 0 saturated heterocycles. The summed E-state index contributed by atoms with van der Waals surface area (Å²) < 4.78 is 15.1. The molecule has 100 valence electrons. The summed E-state index contributed by atoms with van der Waals surface area (Å²) in [6.07, 6.45) is 0. The van der Waals surface area contributed by atoms with Crippen molar-refractivity contribution in [3.05, 3.63) is 29.8 Å². The normalized spacial score (nSPS) is 11.0. The van der Waals surface area contributed by atoms with E-state index in [1.165, 1.54) is 0 Å². The van der Waals surface area contributed by atoms with Gasteiger partial charge in [0.2, 0.25) is 0 Å². The molecule has 0 bridgehead atoms. The summed E-state index contributed by atoms with van der Waals surface area (Å²) in [7, 11) is 2.29. The first-order valence-corrected chi connectivity index (χ1v) is 7.29. The van der Waals surface area contributed by atoms with E-state index in [1.807, 2.05) is 18.2 Å². The minimum atomic E-state index is -0.301. The SMILES string of the molecule is COCCOCCOC(=O)c1cccc(PC)c1. The largest absolute Gasteiger partial charge is 0.460 e. The van der Waals surface area contributed by atoms with Gasteiger partial charge < -0.3 is 14.2 Å². The van der Waals surface area contributed by atoms with Gasteiger partial charge in [0.15, 0.2) is 0 Å². The van der Waals surface area contributed by atoms with Crippen LogP contribution in [0.2, 0.25) is 0 Å². The van der Waals surface area contributed by atoms with Crippen molar-refractivity contribution in [3.63, 3.8) is 0 Å². The van der Waals surface area contributed by atoms with E-state index >= 15 is 0 Å². The van der Waals surface area contributed by atoms with E-state index in [4.69, 9.17) is 14.2 Å². The number of esters is 1. The van der Waals surface area contributed by atoms with E-state index < -0.39 is 0 Å². The summed E-state index contributed by atoms with van der Waals surface area (Å²) in [5.74, 6) is -0.301. The molecular weight excluding hydrogens is 251 g/mol. The topological polar surface area (TPSA) is 44.8 Å². The summed E-state index contributed by atoms with van der Waals surface area (Å²) in [6, 6.07) is 7.50. The molecule has 0 N–H and O–H groups in total. The minimum absolute atomic E-state index is 0.265. The summed E-state index contributed by atoms with van der Waals surface area (Å²) in [4.78, 5) is 11.7. The second kappa shape index (κ2) is 9.03. The molecule has 0 radical (unpaired) electrons. The van der Waals surface area contributed by atoms with Crippen LogP contribution in [0.4, 0.5) is 0 Å². The van der Waals surface area contributed by atoms with Gasteiger partial charge in [-0.15, -0.1) is 0 Å². The molecule has 4 nitrogen and oxygen atoms in total. The summed E-state index contributed by atoms with van der Waals surface area (Å²) in [6.45, 7) is 3.80. The third-order valence-corrected chi connectivity index (χ3v) is 3.17. The Morgan fingerprint density at radius 2 is 2.00 bits per heavy atom. The van der Waals surface area contributed by atoms with Crippen molar-refractivity contribution < 1.29 is 19.0 Å². The highest BCUT2D eigenvalue weighted by molar-refractivity contribution is 7.46. The molecule has 0 saturated carbocycles. The van der Waals surface area contributed by atoms with Gasteiger partial charge in [-0.3, -0.25) is 0 Å². The lowest BCUT2D eigenvalue weighted by atomic mass is 10.2. The predicted molar refractivity (Wildman–Crippen MR) is 73.3 cm³/mol. The Kier molecular flexibility index (Phi) is 7.58. The van der Waals surface area contributed by atoms with E-state index in [-0.39, 0.29) is 12.6 Å². The first-order chi connectivity index (χ1) is 8.77. The molecule has 1 unspecified atom stereocenters. The maximum absolute atomic E-state index is 11.7. The number of methoxy groups -OCH3 is 1. The Morgan fingerprint density at radius 1 is 1.22 bits per heavy atom. The van der Waals surface area contributed by atoms with Gasteiger partial charge in [-0.1, -0.05) is 20.7 Å². The van der Waals surface area contributed by atoms with Gasteiger partial charge >= 0.3 is 5.97 Å². The fourth-order valence-corrected chi connectivity index (χ4v) is 1.89. The standard InChI is InChI=1S/C13H19O4P/c1-15-6-7-16-8-9-17-13(14)11-4-3-5-12(10-11)18-2/h3-5,10,18H,6-9H2,1-2H3. The Morgan fingerprint density at radius 3 is 2.72 bits per heavy atom. The summed E-state index contributed by atoms with van der Waals surface area (Å²) in [5, 5.41) is 1.15. The fraction of sp³-hybridized carbons (Fsp3) is 0.462. The molecule has 0 aliphatic carbocycles. The number of carbonyl (C=O) groups excluding carboxylic acids is 1. The first-order valence-electron chi connectivity index (χ1n) is 5.79. The van der Waals surface area contributed by atoms with Crippen LogP contribution >= 0.6 is 8.58 Å². The minimum Gasteiger partial charge on any atom is -0.460 e. The zero-order valence-electron chi connectivity index (χ0n) is 10.8. The number of hydrogen-bond acceptors (Lipinski definition) is 4. The number of benzene rings is 1. The van der Waals surface area contributed by atoms with Crippen LogP contribution in [-0.4, -0.2) is 46.2 Å². The monoisotopic (exact) mass is 270 g/mol. The van der Waals surface area contributed by atoms with Crippen LogP contribution in [0.1, 0.15) is 10.4 Å². The zero-order chi connectivity index (χ0) is 13.2. The van der Waals surface area contributed by atoms with E-state index in [1.54, 1.807) is 13.2 Å². The number of ether oxygens (including phenoxy) is 3. The molecule has 0 amide bonds. The Balaban J connectivity index is 2.27. The van der Waals surface area contributed by atoms with E-state index in [0.29, 0.717) is 34.0 Å². The van der Waals surface area contributed by atoms with Crippen LogP contribution < -0.4 is 5.30 Å². The highest BCUT2D eigenvalue weighted by Crippen LogP contribution is 2.07. The van der Waals surface area contributed by atoms with Crippen molar-refractivity contribution in [3.8, 4) is 0 Å².